The zero-order valence-corrected chi connectivity index (χ0v) is 24.5. The number of nitrogens with two attached hydrogens (primary N) is 1. The Morgan fingerprint density at radius 2 is 2.10 bits per heavy atom. The molecule has 9 nitrogen and oxygen atoms in total. The number of nitrogens with one attached hydrogen (secondary N) is 1. The van der Waals surface area contributed by atoms with Crippen LogP contribution in [0.5, 0.6) is 0 Å². The molecule has 13 heteroatoms. The minimum Gasteiger partial charge on any atom is -0.384 e. The molecule has 1 aliphatic heterocycles. The van der Waals surface area contributed by atoms with E-state index in [9.17, 15) is 14.9 Å². The second kappa shape index (κ2) is 10.7. The summed E-state index contributed by atoms with van der Waals surface area (Å²) in [6, 6.07) is 9.58. The van der Waals surface area contributed by atoms with Crippen molar-refractivity contribution in [2.45, 2.75) is 43.9 Å². The molecule has 0 fully saturated rings. The molecule has 3 aromatic heterocycles. The van der Waals surface area contributed by atoms with E-state index in [1.165, 1.54) is 23.1 Å². The predicted octanol–water partition coefficient (Wildman–Crippen LogP) is 5.63. The summed E-state index contributed by atoms with van der Waals surface area (Å²) in [7, 11) is 0. The van der Waals surface area contributed by atoms with Gasteiger partial charge in [0.25, 0.3) is 0 Å². The van der Waals surface area contributed by atoms with Gasteiger partial charge in [0.05, 0.1) is 29.0 Å². The van der Waals surface area contributed by atoms with Crippen molar-refractivity contribution in [1.29, 1.82) is 5.26 Å². The van der Waals surface area contributed by atoms with Crippen LogP contribution in [0.4, 0.5) is 10.8 Å². The van der Waals surface area contributed by atoms with Crippen molar-refractivity contribution in [3.8, 4) is 6.07 Å². The molecule has 1 aliphatic carbocycles. The van der Waals surface area contributed by atoms with Gasteiger partial charge in [0.2, 0.25) is 11.0 Å². The number of Topliss-reactive ketones (excluding diaryl/α,β-unsaturated/α-hetero) is 1. The van der Waals surface area contributed by atoms with Crippen molar-refractivity contribution in [1.82, 2.24) is 15.2 Å². The molecule has 1 amide bonds. The zero-order valence-electron chi connectivity index (χ0n) is 21.3. The predicted molar refractivity (Wildman–Crippen MR) is 155 cm³/mol. The fourth-order valence-electron chi connectivity index (χ4n) is 4.76. The van der Waals surface area contributed by atoms with Crippen LogP contribution in [-0.2, 0) is 9.59 Å². The number of thiophene rings is 1. The molecule has 0 bridgehead atoms. The van der Waals surface area contributed by atoms with Crippen LogP contribution in [0.2, 0.25) is 5.15 Å². The van der Waals surface area contributed by atoms with E-state index in [1.54, 1.807) is 34.6 Å². The highest BCUT2D eigenvalue weighted by Crippen LogP contribution is 2.51. The lowest BCUT2D eigenvalue weighted by Crippen LogP contribution is -2.42. The first-order chi connectivity index (χ1) is 18.6. The smallest absolute Gasteiger partial charge is 0.234 e. The minimum atomic E-state index is -0.506. The number of carbonyl (C=O) groups excluding carboxylic acids is 2. The van der Waals surface area contributed by atoms with E-state index in [0.29, 0.717) is 39.1 Å². The molecule has 0 aromatic carbocycles. The largest absolute Gasteiger partial charge is 0.384 e. The Morgan fingerprint density at radius 3 is 2.79 bits per heavy atom. The molecule has 0 saturated carbocycles. The van der Waals surface area contributed by atoms with Gasteiger partial charge in [-0.2, -0.15) is 5.26 Å². The van der Waals surface area contributed by atoms with E-state index in [4.69, 9.17) is 17.3 Å². The van der Waals surface area contributed by atoms with Gasteiger partial charge in [0.15, 0.2) is 15.3 Å². The maximum atomic E-state index is 13.6. The second-order valence-corrected chi connectivity index (χ2v) is 13.8. The van der Waals surface area contributed by atoms with Crippen molar-refractivity contribution in [2.24, 2.45) is 11.1 Å². The molecule has 3 N–H and O–H groups in total. The number of hydrogen-bond acceptors (Lipinski definition) is 11. The number of hydrogen-bond donors (Lipinski definition) is 2. The number of aryl methyl sites for hydroxylation is 1. The monoisotopic (exact) mass is 597 g/mol. The van der Waals surface area contributed by atoms with Crippen molar-refractivity contribution >= 4 is 68.5 Å². The van der Waals surface area contributed by atoms with Crippen LogP contribution in [0, 0.1) is 23.7 Å². The molecule has 4 heterocycles. The fraction of sp³-hybridized carbons (Fsp3) is 0.308. The topological polar surface area (TPSA) is 138 Å². The maximum absolute atomic E-state index is 13.6. The SMILES string of the molecule is Cc1ccc(C2C(C#N)=C(N)N(c3nnc(SCC(=O)Nc4cccnc4Cl)s3)C3=C2C(=O)CC(C)(C)C3)s1. The summed E-state index contributed by atoms with van der Waals surface area (Å²) in [6.45, 7) is 6.09. The van der Waals surface area contributed by atoms with Crippen LogP contribution in [0.15, 0.2) is 57.5 Å². The minimum absolute atomic E-state index is 0.00685. The Morgan fingerprint density at radius 1 is 1.31 bits per heavy atom. The summed E-state index contributed by atoms with van der Waals surface area (Å²) in [6.07, 6.45) is 2.51. The van der Waals surface area contributed by atoms with Crippen LogP contribution in [0.3, 0.4) is 0 Å². The standard InChI is InChI=1S/C26H24ClN7O2S3/c1-13-6-7-18(38-13)20-14(11-28)23(29)34(16-9-26(2,3)10-17(35)21(16)20)24-32-33-25(39-24)37-12-19(36)31-15-5-4-8-30-22(15)27/h4-8,20H,9-10,12,29H2,1-3H3,(H,31,36). The average molecular weight is 598 g/mol. The highest BCUT2D eigenvalue weighted by molar-refractivity contribution is 8.01. The quantitative estimate of drug-likeness (QED) is 0.273. The summed E-state index contributed by atoms with van der Waals surface area (Å²) in [5.74, 6) is -0.446. The summed E-state index contributed by atoms with van der Waals surface area (Å²) in [4.78, 5) is 33.7. The third kappa shape index (κ3) is 5.45. The van der Waals surface area contributed by atoms with Crippen LogP contribution >= 0.6 is 46.0 Å². The first kappa shape index (κ1) is 27.3. The number of aromatic nitrogens is 3. The first-order valence-electron chi connectivity index (χ1n) is 12.0. The third-order valence-corrected chi connectivity index (χ3v) is 9.78. The van der Waals surface area contributed by atoms with Gasteiger partial charge >= 0.3 is 0 Å². The summed E-state index contributed by atoms with van der Waals surface area (Å²) >= 11 is 10.0. The van der Waals surface area contributed by atoms with Crippen LogP contribution in [0.25, 0.3) is 0 Å². The number of allylic oxidation sites excluding steroid dienone is 3. The van der Waals surface area contributed by atoms with Gasteiger partial charge in [-0.25, -0.2) is 4.98 Å². The van der Waals surface area contributed by atoms with Gasteiger partial charge in [-0.15, -0.1) is 21.5 Å². The number of anilines is 2. The molecule has 0 saturated heterocycles. The number of halogens is 1. The second-order valence-electron chi connectivity index (χ2n) is 9.96. The molecule has 3 aromatic rings. The number of amides is 1. The lowest BCUT2D eigenvalue weighted by Gasteiger charge is -2.42. The van der Waals surface area contributed by atoms with Crippen molar-refractivity contribution in [2.75, 3.05) is 16.0 Å². The number of pyridine rings is 1. The van der Waals surface area contributed by atoms with Gasteiger partial charge in [0, 0.05) is 33.6 Å². The van der Waals surface area contributed by atoms with Crippen molar-refractivity contribution in [3.05, 3.63) is 68.0 Å². The molecule has 39 heavy (non-hydrogen) atoms. The molecule has 1 unspecified atom stereocenters. The Balaban J connectivity index is 1.46. The molecule has 2 aliphatic rings. The molecule has 0 radical (unpaired) electrons. The normalized spacial score (nSPS) is 18.7. The van der Waals surface area contributed by atoms with Gasteiger partial charge in [-0.1, -0.05) is 48.5 Å². The number of nitriles is 1. The number of ketones is 1. The van der Waals surface area contributed by atoms with E-state index in [0.717, 1.165) is 15.5 Å². The van der Waals surface area contributed by atoms with Crippen LogP contribution in [0.1, 0.15) is 42.4 Å². The summed E-state index contributed by atoms with van der Waals surface area (Å²) < 4.78 is 0.545. The van der Waals surface area contributed by atoms with Gasteiger partial charge in [-0.3, -0.25) is 14.5 Å². The average Bonchev–Trinajstić information content (AvgIpc) is 3.51. The molecule has 5 rings (SSSR count). The van der Waals surface area contributed by atoms with Crippen molar-refractivity contribution in [3.63, 3.8) is 0 Å². The van der Waals surface area contributed by atoms with Crippen LogP contribution in [-0.4, -0.2) is 32.6 Å². The highest BCUT2D eigenvalue weighted by atomic mass is 35.5. The Bertz CT molecular complexity index is 1580. The van der Waals surface area contributed by atoms with E-state index in [2.05, 4.69) is 26.6 Å². The number of nitrogens with zero attached hydrogens (tertiary/aromatic N) is 5. The van der Waals surface area contributed by atoms with Gasteiger partial charge in [0.1, 0.15) is 5.82 Å². The van der Waals surface area contributed by atoms with Gasteiger partial charge in [-0.05, 0) is 43.0 Å². The zero-order chi connectivity index (χ0) is 27.9. The lowest BCUT2D eigenvalue weighted by atomic mass is 9.70. The fourth-order valence-corrected chi connectivity index (χ4v) is 7.61. The summed E-state index contributed by atoms with van der Waals surface area (Å²) in [5.41, 5.74) is 8.47. The third-order valence-electron chi connectivity index (χ3n) is 6.37. The number of carbonyl (C=O) groups is 2. The molecule has 0 spiro atoms. The summed E-state index contributed by atoms with van der Waals surface area (Å²) in [5, 5.41) is 22.2. The maximum Gasteiger partial charge on any atom is 0.234 e. The first-order valence-corrected chi connectivity index (χ1v) is 15.0. The number of thioether (sulfide) groups is 1. The van der Waals surface area contributed by atoms with Gasteiger partial charge < -0.3 is 11.1 Å². The molecular formula is C26H24ClN7O2S3. The molecular weight excluding hydrogens is 574 g/mol. The Labute approximate surface area is 242 Å². The Hall–Kier alpha value is -3.24. The highest BCUT2D eigenvalue weighted by Gasteiger charge is 2.45. The number of rotatable bonds is 6. The van der Waals surface area contributed by atoms with E-state index in [1.807, 2.05) is 32.9 Å². The molecule has 200 valence electrons. The van der Waals surface area contributed by atoms with E-state index >= 15 is 0 Å². The lowest BCUT2D eigenvalue weighted by molar-refractivity contribution is -0.118. The van der Waals surface area contributed by atoms with E-state index in [-0.39, 0.29) is 33.8 Å². The van der Waals surface area contributed by atoms with E-state index < -0.39 is 5.92 Å². The Kier molecular flexibility index (Phi) is 7.52. The van der Waals surface area contributed by atoms with Crippen LogP contribution < -0.4 is 16.0 Å². The van der Waals surface area contributed by atoms with Crippen molar-refractivity contribution < 1.29 is 9.59 Å². The molecule has 1 atom stereocenters.